The molecule has 1 N–H and O–H groups in total. The SMILES string of the molecule is COC(C(=O)N1CC([C@@H]2C[C@H]2C(=O)O)C1)c1ccccc1F. The summed E-state index contributed by atoms with van der Waals surface area (Å²) in [5, 5.41) is 8.93. The van der Waals surface area contributed by atoms with E-state index in [-0.39, 0.29) is 29.2 Å². The highest BCUT2D eigenvalue weighted by atomic mass is 19.1. The van der Waals surface area contributed by atoms with Crippen LogP contribution in [0.15, 0.2) is 24.3 Å². The lowest BCUT2D eigenvalue weighted by Crippen LogP contribution is -2.53. The molecule has 1 aliphatic carbocycles. The lowest BCUT2D eigenvalue weighted by molar-refractivity contribution is -0.150. The van der Waals surface area contributed by atoms with Crippen LogP contribution >= 0.6 is 0 Å². The van der Waals surface area contributed by atoms with E-state index in [9.17, 15) is 14.0 Å². The van der Waals surface area contributed by atoms with Gasteiger partial charge in [-0.1, -0.05) is 18.2 Å². The van der Waals surface area contributed by atoms with Crippen LogP contribution in [-0.2, 0) is 14.3 Å². The van der Waals surface area contributed by atoms with E-state index >= 15 is 0 Å². The van der Waals surface area contributed by atoms with Crippen LogP contribution in [-0.4, -0.2) is 42.1 Å². The number of likely N-dealkylation sites (tertiary alicyclic amines) is 1. The zero-order valence-corrected chi connectivity index (χ0v) is 12.2. The van der Waals surface area contributed by atoms with Gasteiger partial charge in [-0.3, -0.25) is 9.59 Å². The van der Waals surface area contributed by atoms with E-state index in [0.29, 0.717) is 19.5 Å². The van der Waals surface area contributed by atoms with Crippen LogP contribution in [0.5, 0.6) is 0 Å². The molecule has 3 atom stereocenters. The summed E-state index contributed by atoms with van der Waals surface area (Å²) in [6, 6.07) is 6.07. The first-order valence-corrected chi connectivity index (χ1v) is 7.31. The first-order chi connectivity index (χ1) is 10.5. The number of aliphatic carboxylic acids is 1. The summed E-state index contributed by atoms with van der Waals surface area (Å²) in [6.45, 7) is 1.06. The van der Waals surface area contributed by atoms with Crippen molar-refractivity contribution in [1.29, 1.82) is 0 Å². The number of rotatable bonds is 5. The number of halogens is 1. The first kappa shape index (κ1) is 15.0. The zero-order valence-electron chi connectivity index (χ0n) is 12.2. The number of nitrogens with zero attached hydrogens (tertiary/aromatic N) is 1. The molecular formula is C16H18FNO4. The number of ether oxygens (including phenoxy) is 1. The Bertz CT molecular complexity index is 600. The number of hydrogen-bond donors (Lipinski definition) is 1. The van der Waals surface area contributed by atoms with Crippen molar-refractivity contribution >= 4 is 11.9 Å². The number of benzene rings is 1. The maximum Gasteiger partial charge on any atom is 0.306 e. The van der Waals surface area contributed by atoms with E-state index in [4.69, 9.17) is 9.84 Å². The fraction of sp³-hybridized carbons (Fsp3) is 0.500. The normalized spacial score (nSPS) is 25.5. The molecule has 1 saturated heterocycles. The summed E-state index contributed by atoms with van der Waals surface area (Å²) >= 11 is 0. The van der Waals surface area contributed by atoms with E-state index in [0.717, 1.165) is 0 Å². The van der Waals surface area contributed by atoms with Gasteiger partial charge in [0.15, 0.2) is 6.10 Å². The molecule has 1 unspecified atom stereocenters. The molecule has 118 valence electrons. The van der Waals surface area contributed by atoms with Crippen LogP contribution in [0, 0.1) is 23.6 Å². The number of carbonyl (C=O) groups excluding carboxylic acids is 1. The van der Waals surface area contributed by atoms with E-state index in [1.54, 1.807) is 23.1 Å². The molecular weight excluding hydrogens is 289 g/mol. The number of amides is 1. The fourth-order valence-corrected chi connectivity index (χ4v) is 3.20. The second-order valence-electron chi connectivity index (χ2n) is 5.98. The largest absolute Gasteiger partial charge is 0.481 e. The smallest absolute Gasteiger partial charge is 0.306 e. The van der Waals surface area contributed by atoms with Crippen molar-refractivity contribution in [3.05, 3.63) is 35.6 Å². The topological polar surface area (TPSA) is 66.8 Å². The molecule has 2 fully saturated rings. The van der Waals surface area contributed by atoms with E-state index < -0.39 is 17.9 Å². The third-order valence-electron chi connectivity index (χ3n) is 4.63. The van der Waals surface area contributed by atoms with Gasteiger partial charge in [0.05, 0.1) is 5.92 Å². The number of carbonyl (C=O) groups is 2. The Morgan fingerprint density at radius 2 is 2.05 bits per heavy atom. The van der Waals surface area contributed by atoms with Gasteiger partial charge >= 0.3 is 5.97 Å². The lowest BCUT2D eigenvalue weighted by atomic mass is 9.92. The number of methoxy groups -OCH3 is 1. The molecule has 5 nitrogen and oxygen atoms in total. The Labute approximate surface area is 127 Å². The molecule has 0 bridgehead atoms. The summed E-state index contributed by atoms with van der Waals surface area (Å²) in [4.78, 5) is 24.9. The molecule has 1 aromatic rings. The average Bonchev–Trinajstić information content (AvgIpc) is 3.20. The summed E-state index contributed by atoms with van der Waals surface area (Å²) in [5.74, 6) is -1.33. The van der Waals surface area contributed by atoms with E-state index in [1.165, 1.54) is 13.2 Å². The molecule has 22 heavy (non-hydrogen) atoms. The number of hydrogen-bond acceptors (Lipinski definition) is 3. The molecule has 1 saturated carbocycles. The molecule has 0 radical (unpaired) electrons. The van der Waals surface area contributed by atoms with Crippen LogP contribution in [0.25, 0.3) is 0 Å². The predicted molar refractivity (Wildman–Crippen MR) is 75.5 cm³/mol. The van der Waals surface area contributed by atoms with E-state index in [2.05, 4.69) is 0 Å². The van der Waals surface area contributed by atoms with Crippen molar-refractivity contribution < 1.29 is 23.8 Å². The Morgan fingerprint density at radius 1 is 1.36 bits per heavy atom. The highest BCUT2D eigenvalue weighted by Crippen LogP contribution is 2.48. The van der Waals surface area contributed by atoms with Gasteiger partial charge < -0.3 is 14.7 Å². The summed E-state index contributed by atoms with van der Waals surface area (Å²) < 4.78 is 19.0. The van der Waals surface area contributed by atoms with Crippen molar-refractivity contribution in [3.63, 3.8) is 0 Å². The molecule has 1 heterocycles. The van der Waals surface area contributed by atoms with Crippen molar-refractivity contribution in [2.24, 2.45) is 17.8 Å². The monoisotopic (exact) mass is 307 g/mol. The maximum atomic E-state index is 13.8. The quantitative estimate of drug-likeness (QED) is 0.899. The van der Waals surface area contributed by atoms with Crippen molar-refractivity contribution in [3.8, 4) is 0 Å². The van der Waals surface area contributed by atoms with Crippen LogP contribution in [0.2, 0.25) is 0 Å². The summed E-state index contributed by atoms with van der Waals surface area (Å²) in [5.41, 5.74) is 0.230. The predicted octanol–water partition coefficient (Wildman–Crippen LogP) is 1.69. The molecule has 3 rings (SSSR count). The zero-order chi connectivity index (χ0) is 15.9. The second-order valence-corrected chi connectivity index (χ2v) is 5.98. The van der Waals surface area contributed by atoms with Crippen LogP contribution in [0.1, 0.15) is 18.1 Å². The molecule has 1 amide bonds. The standard InChI is InChI=1S/C16H18FNO4/c1-22-14(10-4-2-3-5-13(10)17)15(19)18-7-9(8-18)11-6-12(11)16(20)21/h2-5,9,11-12,14H,6-8H2,1H3,(H,20,21)/t11-,12+,14?/m0/s1. The minimum Gasteiger partial charge on any atom is -0.481 e. The minimum absolute atomic E-state index is 0.177. The molecule has 1 aliphatic heterocycles. The molecule has 2 aliphatic rings. The molecule has 0 spiro atoms. The van der Waals surface area contributed by atoms with Gasteiger partial charge in [-0.2, -0.15) is 0 Å². The number of carboxylic acids is 1. The van der Waals surface area contributed by atoms with Crippen molar-refractivity contribution in [1.82, 2.24) is 4.90 Å². The maximum absolute atomic E-state index is 13.8. The minimum atomic E-state index is -0.948. The highest BCUT2D eigenvalue weighted by Gasteiger charge is 2.52. The molecule has 0 aromatic heterocycles. The second kappa shape index (κ2) is 5.68. The Morgan fingerprint density at radius 3 is 2.59 bits per heavy atom. The van der Waals surface area contributed by atoms with Crippen LogP contribution in [0.3, 0.4) is 0 Å². The van der Waals surface area contributed by atoms with Gasteiger partial charge in [-0.15, -0.1) is 0 Å². The van der Waals surface area contributed by atoms with E-state index in [1.807, 2.05) is 0 Å². The average molecular weight is 307 g/mol. The van der Waals surface area contributed by atoms with Gasteiger partial charge in [-0.25, -0.2) is 4.39 Å². The van der Waals surface area contributed by atoms with Crippen molar-refractivity contribution in [2.75, 3.05) is 20.2 Å². The Balaban J connectivity index is 1.61. The highest BCUT2D eigenvalue weighted by molar-refractivity contribution is 5.83. The molecule has 1 aromatic carbocycles. The van der Waals surface area contributed by atoms with Gasteiger partial charge in [0.1, 0.15) is 5.82 Å². The first-order valence-electron chi connectivity index (χ1n) is 7.31. The van der Waals surface area contributed by atoms with Gasteiger partial charge in [0, 0.05) is 25.8 Å². The number of carboxylic acid groups (broad SMARTS) is 1. The third kappa shape index (κ3) is 2.59. The van der Waals surface area contributed by atoms with Gasteiger partial charge in [0.2, 0.25) is 0 Å². The third-order valence-corrected chi connectivity index (χ3v) is 4.63. The molecule has 6 heteroatoms. The van der Waals surface area contributed by atoms with Gasteiger partial charge in [0.25, 0.3) is 5.91 Å². The Kier molecular flexibility index (Phi) is 3.87. The summed E-state index contributed by atoms with van der Waals surface area (Å²) in [6.07, 6.45) is -0.250. The van der Waals surface area contributed by atoms with Crippen LogP contribution in [0.4, 0.5) is 4.39 Å². The van der Waals surface area contributed by atoms with Crippen LogP contribution < -0.4 is 0 Å². The fourth-order valence-electron chi connectivity index (χ4n) is 3.20. The Hall–Kier alpha value is -1.95. The summed E-state index contributed by atoms with van der Waals surface area (Å²) in [7, 11) is 1.38. The lowest BCUT2D eigenvalue weighted by Gasteiger charge is -2.41. The van der Waals surface area contributed by atoms with Gasteiger partial charge in [-0.05, 0) is 24.3 Å². The van der Waals surface area contributed by atoms with Crippen molar-refractivity contribution in [2.45, 2.75) is 12.5 Å².